The molecule has 92 valence electrons. The molecule has 0 aliphatic rings. The van der Waals surface area contributed by atoms with Gasteiger partial charge in [-0.3, -0.25) is 0 Å². The lowest BCUT2D eigenvalue weighted by Crippen LogP contribution is -2.24. The molecular formula is C13H29NO. The van der Waals surface area contributed by atoms with Crippen LogP contribution in [-0.4, -0.2) is 38.3 Å². The van der Waals surface area contributed by atoms with E-state index in [1.54, 1.807) is 0 Å². The van der Waals surface area contributed by atoms with Crippen LogP contribution < -0.4 is 0 Å². The fourth-order valence-electron chi connectivity index (χ4n) is 1.62. The lowest BCUT2D eigenvalue weighted by Gasteiger charge is -2.18. The molecule has 0 heterocycles. The maximum absolute atomic E-state index is 5.54. The van der Waals surface area contributed by atoms with Gasteiger partial charge in [0.2, 0.25) is 0 Å². The third-order valence-corrected chi connectivity index (χ3v) is 2.21. The highest BCUT2D eigenvalue weighted by atomic mass is 16.5. The molecule has 0 rings (SSSR count). The lowest BCUT2D eigenvalue weighted by molar-refractivity contribution is 0.104. The van der Waals surface area contributed by atoms with Crippen LogP contribution in [0.5, 0.6) is 0 Å². The Kier molecular flexibility index (Phi) is 9.12. The van der Waals surface area contributed by atoms with E-state index < -0.39 is 0 Å². The van der Waals surface area contributed by atoms with Gasteiger partial charge in [0.1, 0.15) is 0 Å². The van der Waals surface area contributed by atoms with E-state index in [0.717, 1.165) is 19.1 Å². The summed E-state index contributed by atoms with van der Waals surface area (Å²) >= 11 is 0. The van der Waals surface area contributed by atoms with E-state index in [1.165, 1.54) is 25.9 Å². The minimum absolute atomic E-state index is 0.661. The largest absolute Gasteiger partial charge is 0.381 e. The maximum Gasteiger partial charge on any atom is 0.0488 e. The number of hydrogen-bond donors (Lipinski definition) is 0. The Hall–Kier alpha value is -0.0800. The Morgan fingerprint density at radius 2 is 1.67 bits per heavy atom. The molecule has 0 saturated carbocycles. The highest BCUT2D eigenvalue weighted by Crippen LogP contribution is 2.00. The summed E-state index contributed by atoms with van der Waals surface area (Å²) in [5.74, 6) is 1.43. The first-order valence-corrected chi connectivity index (χ1v) is 6.28. The molecule has 0 radical (unpaired) electrons. The van der Waals surface area contributed by atoms with Crippen LogP contribution in [0.4, 0.5) is 0 Å². The molecule has 0 atom stereocenters. The van der Waals surface area contributed by atoms with Crippen molar-refractivity contribution in [2.24, 2.45) is 11.8 Å². The zero-order chi connectivity index (χ0) is 11.7. The van der Waals surface area contributed by atoms with Gasteiger partial charge in [0, 0.05) is 19.8 Å². The molecule has 0 aliphatic carbocycles. The standard InChI is InChI=1S/C13H29NO/c1-12(2)10-14(5)8-6-7-9-15-11-13(3)4/h12-13H,6-11H2,1-5H3. The highest BCUT2D eigenvalue weighted by molar-refractivity contribution is 4.54. The molecule has 15 heavy (non-hydrogen) atoms. The average molecular weight is 215 g/mol. The molecule has 0 aromatic rings. The molecule has 0 aromatic carbocycles. The van der Waals surface area contributed by atoms with Gasteiger partial charge in [-0.15, -0.1) is 0 Å². The van der Waals surface area contributed by atoms with Crippen molar-refractivity contribution < 1.29 is 4.74 Å². The van der Waals surface area contributed by atoms with Gasteiger partial charge in [-0.1, -0.05) is 27.7 Å². The van der Waals surface area contributed by atoms with Crippen LogP contribution in [0.1, 0.15) is 40.5 Å². The zero-order valence-corrected chi connectivity index (χ0v) is 11.3. The van der Waals surface area contributed by atoms with Crippen molar-refractivity contribution in [1.82, 2.24) is 4.90 Å². The maximum atomic E-state index is 5.54. The Bertz CT molecular complexity index is 134. The number of ether oxygens (including phenoxy) is 1. The summed E-state index contributed by atoms with van der Waals surface area (Å²) in [5.41, 5.74) is 0. The van der Waals surface area contributed by atoms with Crippen LogP contribution >= 0.6 is 0 Å². The summed E-state index contributed by atoms with van der Waals surface area (Å²) < 4.78 is 5.54. The van der Waals surface area contributed by atoms with Crippen LogP contribution in [-0.2, 0) is 4.74 Å². The molecule has 0 amide bonds. The monoisotopic (exact) mass is 215 g/mol. The number of hydrogen-bond acceptors (Lipinski definition) is 2. The number of nitrogens with zero attached hydrogens (tertiary/aromatic N) is 1. The molecule has 2 nitrogen and oxygen atoms in total. The predicted octanol–water partition coefficient (Wildman–Crippen LogP) is 3.03. The zero-order valence-electron chi connectivity index (χ0n) is 11.3. The first kappa shape index (κ1) is 14.9. The van der Waals surface area contributed by atoms with Gasteiger partial charge in [0.25, 0.3) is 0 Å². The van der Waals surface area contributed by atoms with Crippen molar-refractivity contribution in [3.8, 4) is 0 Å². The third kappa shape index (κ3) is 11.8. The van der Waals surface area contributed by atoms with E-state index >= 15 is 0 Å². The van der Waals surface area contributed by atoms with Crippen molar-refractivity contribution >= 4 is 0 Å². The first-order valence-electron chi connectivity index (χ1n) is 6.28. The van der Waals surface area contributed by atoms with Gasteiger partial charge in [-0.05, 0) is 38.3 Å². The highest BCUT2D eigenvalue weighted by Gasteiger charge is 2.01. The van der Waals surface area contributed by atoms with Crippen LogP contribution in [0, 0.1) is 11.8 Å². The van der Waals surface area contributed by atoms with Crippen molar-refractivity contribution in [3.63, 3.8) is 0 Å². The summed E-state index contributed by atoms with van der Waals surface area (Å²) in [7, 11) is 2.20. The third-order valence-electron chi connectivity index (χ3n) is 2.21. The van der Waals surface area contributed by atoms with E-state index in [0.29, 0.717) is 5.92 Å². The molecule has 0 unspecified atom stereocenters. The summed E-state index contributed by atoms with van der Waals surface area (Å²) in [6.07, 6.45) is 2.44. The van der Waals surface area contributed by atoms with Crippen LogP contribution in [0.25, 0.3) is 0 Å². The quantitative estimate of drug-likeness (QED) is 0.548. The molecule has 0 fully saturated rings. The smallest absolute Gasteiger partial charge is 0.0488 e. The minimum Gasteiger partial charge on any atom is -0.381 e. The summed E-state index contributed by atoms with van der Waals surface area (Å²) in [5, 5.41) is 0. The molecule has 0 saturated heterocycles. The van der Waals surface area contributed by atoms with E-state index in [9.17, 15) is 0 Å². The minimum atomic E-state index is 0.661. The Balaban J connectivity index is 3.16. The molecule has 0 spiro atoms. The van der Waals surface area contributed by atoms with E-state index in [2.05, 4.69) is 39.6 Å². The van der Waals surface area contributed by atoms with Gasteiger partial charge in [0.15, 0.2) is 0 Å². The Morgan fingerprint density at radius 3 is 2.20 bits per heavy atom. The normalized spacial score (nSPS) is 12.0. The summed E-state index contributed by atoms with van der Waals surface area (Å²) in [4.78, 5) is 2.41. The van der Waals surface area contributed by atoms with Gasteiger partial charge in [0.05, 0.1) is 0 Å². The van der Waals surface area contributed by atoms with E-state index in [-0.39, 0.29) is 0 Å². The number of rotatable bonds is 9. The fourth-order valence-corrected chi connectivity index (χ4v) is 1.62. The molecular weight excluding hydrogens is 186 g/mol. The van der Waals surface area contributed by atoms with Gasteiger partial charge in [-0.2, -0.15) is 0 Å². The van der Waals surface area contributed by atoms with Gasteiger partial charge < -0.3 is 9.64 Å². The fraction of sp³-hybridized carbons (Fsp3) is 1.00. The van der Waals surface area contributed by atoms with E-state index in [1.807, 2.05) is 0 Å². The van der Waals surface area contributed by atoms with Crippen LogP contribution in [0.15, 0.2) is 0 Å². The van der Waals surface area contributed by atoms with Gasteiger partial charge in [-0.25, -0.2) is 0 Å². The van der Waals surface area contributed by atoms with Crippen molar-refractivity contribution in [2.45, 2.75) is 40.5 Å². The Morgan fingerprint density at radius 1 is 1.00 bits per heavy atom. The molecule has 0 N–H and O–H groups in total. The number of unbranched alkanes of at least 4 members (excludes halogenated alkanes) is 1. The van der Waals surface area contributed by atoms with Crippen molar-refractivity contribution in [2.75, 3.05) is 33.4 Å². The van der Waals surface area contributed by atoms with Crippen LogP contribution in [0.2, 0.25) is 0 Å². The predicted molar refractivity (Wildman–Crippen MR) is 67.2 cm³/mol. The molecule has 0 aromatic heterocycles. The van der Waals surface area contributed by atoms with Crippen molar-refractivity contribution in [1.29, 1.82) is 0 Å². The SMILES string of the molecule is CC(C)COCCCCN(C)CC(C)C. The van der Waals surface area contributed by atoms with Crippen molar-refractivity contribution in [3.05, 3.63) is 0 Å². The second-order valence-corrected chi connectivity index (χ2v) is 5.33. The summed E-state index contributed by atoms with van der Waals surface area (Å²) in [6, 6.07) is 0. The first-order chi connectivity index (χ1) is 7.02. The second-order valence-electron chi connectivity index (χ2n) is 5.33. The average Bonchev–Trinajstić information content (AvgIpc) is 2.09. The van der Waals surface area contributed by atoms with E-state index in [4.69, 9.17) is 4.74 Å². The summed E-state index contributed by atoms with van der Waals surface area (Å²) in [6.45, 7) is 13.1. The van der Waals surface area contributed by atoms with Crippen LogP contribution in [0.3, 0.4) is 0 Å². The molecule has 2 heteroatoms. The molecule has 0 aliphatic heterocycles. The second kappa shape index (κ2) is 9.17. The van der Waals surface area contributed by atoms with Gasteiger partial charge >= 0.3 is 0 Å². The Labute approximate surface area is 96.0 Å². The topological polar surface area (TPSA) is 12.5 Å². The lowest BCUT2D eigenvalue weighted by atomic mass is 10.2. The molecule has 0 bridgehead atoms.